The maximum Gasteiger partial charge on any atom is 0.416 e. The third-order valence-electron chi connectivity index (χ3n) is 4.71. The number of allylic oxidation sites excluding steroid dienone is 1. The van der Waals surface area contributed by atoms with Crippen molar-refractivity contribution in [3.8, 4) is 11.3 Å². The summed E-state index contributed by atoms with van der Waals surface area (Å²) in [5.41, 5.74) is -2.90. The van der Waals surface area contributed by atoms with Crippen LogP contribution < -0.4 is 0 Å². The normalized spacial score (nSPS) is 13.3. The Bertz CT molecular complexity index is 1020. The Morgan fingerprint density at radius 3 is 2.20 bits per heavy atom. The lowest BCUT2D eigenvalue weighted by atomic mass is 9.93. The Morgan fingerprint density at radius 2 is 1.70 bits per heavy atom. The maximum atomic E-state index is 13.1. The van der Waals surface area contributed by atoms with Crippen molar-refractivity contribution >= 4 is 15.9 Å². The minimum absolute atomic E-state index is 0.00719. The molecule has 0 saturated carbocycles. The first-order valence-electron chi connectivity index (χ1n) is 8.78. The highest BCUT2D eigenvalue weighted by atomic mass is 32.2. The van der Waals surface area contributed by atoms with E-state index in [9.17, 15) is 34.8 Å². The van der Waals surface area contributed by atoms with E-state index in [4.69, 9.17) is 0 Å². The molecule has 0 unspecified atom stereocenters. The lowest BCUT2D eigenvalue weighted by Gasteiger charge is -2.19. The summed E-state index contributed by atoms with van der Waals surface area (Å²) < 4.78 is 105. The average Bonchev–Trinajstić information content (AvgIpc) is 3.08. The van der Waals surface area contributed by atoms with Crippen LogP contribution in [0.15, 0.2) is 35.4 Å². The van der Waals surface area contributed by atoms with Gasteiger partial charge in [0.15, 0.2) is 9.84 Å². The van der Waals surface area contributed by atoms with E-state index in [0.29, 0.717) is 6.07 Å². The van der Waals surface area contributed by atoms with Crippen molar-refractivity contribution in [2.24, 2.45) is 12.5 Å². The Morgan fingerprint density at radius 1 is 1.10 bits per heavy atom. The van der Waals surface area contributed by atoms with E-state index < -0.39 is 57.7 Å². The van der Waals surface area contributed by atoms with Gasteiger partial charge in [0, 0.05) is 12.6 Å². The Balaban J connectivity index is 2.61. The highest BCUT2D eigenvalue weighted by molar-refractivity contribution is 7.91. The van der Waals surface area contributed by atoms with E-state index in [2.05, 4.69) is 4.98 Å². The van der Waals surface area contributed by atoms with Crippen LogP contribution in [0.5, 0.6) is 0 Å². The molecule has 30 heavy (non-hydrogen) atoms. The van der Waals surface area contributed by atoms with Crippen LogP contribution in [0.3, 0.4) is 0 Å². The molecule has 1 aromatic carbocycles. The molecule has 0 amide bonds. The van der Waals surface area contributed by atoms with Crippen LogP contribution in [-0.4, -0.2) is 43.7 Å². The topological polar surface area (TPSA) is 52.0 Å². The number of hydrogen-bond acceptors (Lipinski definition) is 3. The fourth-order valence-corrected chi connectivity index (χ4v) is 3.77. The smallest absolute Gasteiger partial charge is 0.328 e. The van der Waals surface area contributed by atoms with Crippen LogP contribution in [0, 0.1) is 5.41 Å². The van der Waals surface area contributed by atoms with Crippen LogP contribution >= 0.6 is 0 Å². The third kappa shape index (κ3) is 4.71. The molecule has 0 fully saturated rings. The second kappa shape index (κ2) is 8.83. The van der Waals surface area contributed by atoms with Crippen molar-refractivity contribution in [1.29, 1.82) is 0 Å². The molecule has 0 aliphatic carbocycles. The minimum atomic E-state index is -4.73. The van der Waals surface area contributed by atoms with E-state index >= 15 is 0 Å². The van der Waals surface area contributed by atoms with Gasteiger partial charge in [-0.15, -0.1) is 0 Å². The molecule has 11 heteroatoms. The molecule has 0 radical (unpaired) electrons. The number of rotatable bonds is 8. The standard InChI is InChI=1S/C19H20F6N2O2S/c1-3-30(28,29)16-8-13(19(23,24)25)4-5-14(16)15-9-26-17(27(15)2)6-7-18(10-20,11-21)12-22/h4-9H,3,10-12H2,1-2H3/b7-6+. The summed E-state index contributed by atoms with van der Waals surface area (Å²) >= 11 is 0. The van der Waals surface area contributed by atoms with Crippen LogP contribution in [0.4, 0.5) is 26.3 Å². The van der Waals surface area contributed by atoms with Crippen LogP contribution in [0.25, 0.3) is 17.3 Å². The number of alkyl halides is 6. The van der Waals surface area contributed by atoms with Crippen LogP contribution in [-0.2, 0) is 23.1 Å². The largest absolute Gasteiger partial charge is 0.416 e. The molecule has 0 saturated heterocycles. The van der Waals surface area contributed by atoms with Crippen LogP contribution in [0.1, 0.15) is 18.3 Å². The van der Waals surface area contributed by atoms with Gasteiger partial charge in [-0.2, -0.15) is 13.2 Å². The SMILES string of the molecule is CCS(=O)(=O)c1cc(C(F)(F)F)ccc1-c1cnc(/C=C/C(CF)(CF)CF)n1C. The molecule has 1 aromatic heterocycles. The monoisotopic (exact) mass is 454 g/mol. The highest BCUT2D eigenvalue weighted by Crippen LogP contribution is 2.36. The van der Waals surface area contributed by atoms with Crippen molar-refractivity contribution in [3.63, 3.8) is 0 Å². The first-order valence-corrected chi connectivity index (χ1v) is 10.4. The molecule has 0 aliphatic rings. The van der Waals surface area contributed by atoms with Gasteiger partial charge in [0.1, 0.15) is 25.8 Å². The van der Waals surface area contributed by atoms with E-state index in [1.807, 2.05) is 0 Å². The first-order chi connectivity index (χ1) is 13.9. The number of aromatic nitrogens is 2. The molecule has 0 N–H and O–H groups in total. The van der Waals surface area contributed by atoms with Crippen molar-refractivity contribution in [1.82, 2.24) is 9.55 Å². The van der Waals surface area contributed by atoms with E-state index in [-0.39, 0.29) is 17.1 Å². The molecule has 0 bridgehead atoms. The Labute approximate surface area is 170 Å². The summed E-state index contributed by atoms with van der Waals surface area (Å²) in [6.07, 6.45) is -1.33. The predicted octanol–water partition coefficient (Wildman–Crippen LogP) is 4.81. The second-order valence-electron chi connectivity index (χ2n) is 6.77. The summed E-state index contributed by atoms with van der Waals surface area (Å²) in [6, 6.07) is 2.36. The number of nitrogens with zero attached hydrogens (tertiary/aromatic N) is 2. The summed E-state index contributed by atoms with van der Waals surface area (Å²) in [4.78, 5) is 3.50. The van der Waals surface area contributed by atoms with Gasteiger partial charge in [0.05, 0.1) is 33.5 Å². The molecular weight excluding hydrogens is 434 g/mol. The molecule has 2 rings (SSSR count). The summed E-state index contributed by atoms with van der Waals surface area (Å²) in [7, 11) is -2.57. The Kier molecular flexibility index (Phi) is 7.05. The fraction of sp³-hybridized carbons (Fsp3) is 0.421. The predicted molar refractivity (Wildman–Crippen MR) is 101 cm³/mol. The van der Waals surface area contributed by atoms with Crippen molar-refractivity contribution in [3.05, 3.63) is 41.9 Å². The van der Waals surface area contributed by atoms with Gasteiger partial charge >= 0.3 is 6.18 Å². The minimum Gasteiger partial charge on any atom is -0.328 e. The third-order valence-corrected chi connectivity index (χ3v) is 6.48. The second-order valence-corrected chi connectivity index (χ2v) is 9.02. The van der Waals surface area contributed by atoms with Gasteiger partial charge < -0.3 is 4.57 Å². The lowest BCUT2D eigenvalue weighted by molar-refractivity contribution is -0.137. The van der Waals surface area contributed by atoms with Gasteiger partial charge in [0.25, 0.3) is 0 Å². The summed E-state index contributed by atoms with van der Waals surface area (Å²) in [5, 5.41) is 0. The number of benzene rings is 1. The fourth-order valence-electron chi connectivity index (χ4n) is 2.64. The quantitative estimate of drug-likeness (QED) is 0.538. The Hall–Kier alpha value is -2.30. The number of hydrogen-bond donors (Lipinski definition) is 0. The molecule has 2 aromatic rings. The van der Waals surface area contributed by atoms with Crippen LogP contribution in [0.2, 0.25) is 0 Å². The van der Waals surface area contributed by atoms with Crippen molar-refractivity contribution in [2.45, 2.75) is 18.0 Å². The molecule has 1 heterocycles. The van der Waals surface area contributed by atoms with Gasteiger partial charge in [-0.3, -0.25) is 0 Å². The van der Waals surface area contributed by atoms with Gasteiger partial charge in [0.2, 0.25) is 0 Å². The molecule has 0 atom stereocenters. The zero-order valence-corrected chi connectivity index (χ0v) is 17.0. The lowest BCUT2D eigenvalue weighted by Crippen LogP contribution is -2.25. The molecular formula is C19H20F6N2O2S. The van der Waals surface area contributed by atoms with Gasteiger partial charge in [-0.1, -0.05) is 19.1 Å². The van der Waals surface area contributed by atoms with E-state index in [1.165, 1.54) is 30.8 Å². The zero-order chi connectivity index (χ0) is 22.7. The molecule has 166 valence electrons. The molecule has 0 aliphatic heterocycles. The zero-order valence-electron chi connectivity index (χ0n) is 16.2. The highest BCUT2D eigenvalue weighted by Gasteiger charge is 2.33. The number of halogens is 6. The maximum absolute atomic E-state index is 13.1. The van der Waals surface area contributed by atoms with E-state index in [0.717, 1.165) is 18.2 Å². The number of imidazole rings is 1. The van der Waals surface area contributed by atoms with Crippen molar-refractivity contribution < 1.29 is 34.8 Å². The molecule has 4 nitrogen and oxygen atoms in total. The van der Waals surface area contributed by atoms with E-state index in [1.54, 1.807) is 0 Å². The number of sulfone groups is 1. The van der Waals surface area contributed by atoms with Gasteiger partial charge in [-0.25, -0.2) is 26.6 Å². The molecule has 0 spiro atoms. The van der Waals surface area contributed by atoms with Gasteiger partial charge in [-0.05, 0) is 18.2 Å². The summed E-state index contributed by atoms with van der Waals surface area (Å²) in [6.45, 7) is -2.51. The first kappa shape index (κ1) is 24.0. The summed E-state index contributed by atoms with van der Waals surface area (Å²) in [5.74, 6) is -0.303. The average molecular weight is 454 g/mol. The van der Waals surface area contributed by atoms with Crippen molar-refractivity contribution in [2.75, 3.05) is 25.8 Å².